The van der Waals surface area contributed by atoms with E-state index in [2.05, 4.69) is 10.0 Å². The highest BCUT2D eigenvalue weighted by atomic mass is 32.2. The van der Waals surface area contributed by atoms with E-state index in [0.717, 1.165) is 12.8 Å². The average Bonchev–Trinajstić information content (AvgIpc) is 2.73. The molecule has 2 rings (SSSR count). The Labute approximate surface area is 177 Å². The van der Waals surface area contributed by atoms with E-state index in [1.54, 1.807) is 6.92 Å². The van der Waals surface area contributed by atoms with Gasteiger partial charge in [0.05, 0.1) is 10.5 Å². The summed E-state index contributed by atoms with van der Waals surface area (Å²) < 4.78 is 31.5. The highest BCUT2D eigenvalue weighted by molar-refractivity contribution is 7.89. The van der Waals surface area contributed by atoms with Gasteiger partial charge in [-0.25, -0.2) is 17.9 Å². The van der Waals surface area contributed by atoms with Crippen molar-refractivity contribution < 1.29 is 22.7 Å². The van der Waals surface area contributed by atoms with Gasteiger partial charge in [0, 0.05) is 12.6 Å². The number of hydrogen-bond acceptors (Lipinski definition) is 5. The number of benzene rings is 2. The standard InChI is InChI=1S/C22H28N2O5S/c1-4-23-30(27,28)20-14-12-19(13-15-20)22(26)29-17(3)21(25)24-16(2)10-11-18-8-6-5-7-9-18/h5-9,12-17,23H,4,10-11H2,1-3H3,(H,24,25). The number of amides is 1. The molecule has 2 aromatic rings. The van der Waals surface area contributed by atoms with Gasteiger partial charge in [-0.1, -0.05) is 37.3 Å². The zero-order chi connectivity index (χ0) is 22.1. The summed E-state index contributed by atoms with van der Waals surface area (Å²) >= 11 is 0. The molecule has 0 aromatic heterocycles. The molecule has 0 radical (unpaired) electrons. The van der Waals surface area contributed by atoms with Crippen LogP contribution in [0.2, 0.25) is 0 Å². The zero-order valence-corrected chi connectivity index (χ0v) is 18.2. The lowest BCUT2D eigenvalue weighted by atomic mass is 10.1. The lowest BCUT2D eigenvalue weighted by molar-refractivity contribution is -0.129. The summed E-state index contributed by atoms with van der Waals surface area (Å²) in [6.45, 7) is 5.35. The van der Waals surface area contributed by atoms with E-state index >= 15 is 0 Å². The summed E-state index contributed by atoms with van der Waals surface area (Å²) in [5.74, 6) is -1.07. The smallest absolute Gasteiger partial charge is 0.338 e. The molecule has 8 heteroatoms. The van der Waals surface area contributed by atoms with Crippen LogP contribution >= 0.6 is 0 Å². The van der Waals surface area contributed by atoms with Crippen molar-refractivity contribution in [3.8, 4) is 0 Å². The largest absolute Gasteiger partial charge is 0.449 e. The molecular formula is C22H28N2O5S. The highest BCUT2D eigenvalue weighted by Gasteiger charge is 2.21. The average molecular weight is 433 g/mol. The Kier molecular flexibility index (Phi) is 8.56. The van der Waals surface area contributed by atoms with Gasteiger partial charge < -0.3 is 10.1 Å². The Bertz CT molecular complexity index is 943. The minimum absolute atomic E-state index is 0.0546. The minimum atomic E-state index is -3.59. The van der Waals surface area contributed by atoms with Crippen LogP contribution in [0, 0.1) is 0 Å². The van der Waals surface area contributed by atoms with Crippen molar-refractivity contribution in [2.45, 2.75) is 50.7 Å². The number of carbonyl (C=O) groups is 2. The van der Waals surface area contributed by atoms with Gasteiger partial charge in [0.15, 0.2) is 6.10 Å². The number of esters is 1. The number of aryl methyl sites for hydroxylation is 1. The van der Waals surface area contributed by atoms with Crippen LogP contribution in [-0.2, 0) is 26.0 Å². The molecule has 0 aliphatic rings. The molecule has 2 aromatic carbocycles. The van der Waals surface area contributed by atoms with Crippen molar-refractivity contribution in [3.63, 3.8) is 0 Å². The van der Waals surface area contributed by atoms with Gasteiger partial charge in [-0.05, 0) is 56.5 Å². The summed E-state index contributed by atoms with van der Waals surface area (Å²) in [7, 11) is -3.59. The Hall–Kier alpha value is -2.71. The first kappa shape index (κ1) is 23.6. The maximum absolute atomic E-state index is 12.3. The van der Waals surface area contributed by atoms with Gasteiger partial charge in [-0.3, -0.25) is 4.79 Å². The lowest BCUT2D eigenvalue weighted by Crippen LogP contribution is -2.41. The van der Waals surface area contributed by atoms with Crippen LogP contribution in [0.5, 0.6) is 0 Å². The second kappa shape index (κ2) is 10.9. The third kappa shape index (κ3) is 6.96. The summed E-state index contributed by atoms with van der Waals surface area (Å²) in [5.41, 5.74) is 1.36. The van der Waals surface area contributed by atoms with Gasteiger partial charge in [0.1, 0.15) is 0 Å². The quantitative estimate of drug-likeness (QED) is 0.562. The number of carbonyl (C=O) groups excluding carboxylic acids is 2. The fraction of sp³-hybridized carbons (Fsp3) is 0.364. The molecule has 30 heavy (non-hydrogen) atoms. The first-order valence-electron chi connectivity index (χ1n) is 9.88. The van der Waals surface area contributed by atoms with Crippen LogP contribution in [-0.4, -0.2) is 39.0 Å². The maximum atomic E-state index is 12.3. The van der Waals surface area contributed by atoms with Gasteiger partial charge >= 0.3 is 5.97 Å². The SMILES string of the molecule is CCNS(=O)(=O)c1ccc(C(=O)OC(C)C(=O)NC(C)CCc2ccccc2)cc1. The highest BCUT2D eigenvalue weighted by Crippen LogP contribution is 2.12. The number of rotatable bonds is 10. The molecule has 0 saturated heterocycles. The van der Waals surface area contributed by atoms with Gasteiger partial charge in [0.2, 0.25) is 10.0 Å². The van der Waals surface area contributed by atoms with Gasteiger partial charge in [-0.2, -0.15) is 0 Å². The van der Waals surface area contributed by atoms with Crippen molar-refractivity contribution in [2.75, 3.05) is 6.54 Å². The van der Waals surface area contributed by atoms with Crippen molar-refractivity contribution in [2.24, 2.45) is 0 Å². The van der Waals surface area contributed by atoms with Crippen LogP contribution in [0.3, 0.4) is 0 Å². The molecule has 7 nitrogen and oxygen atoms in total. The first-order valence-corrected chi connectivity index (χ1v) is 11.4. The second-order valence-electron chi connectivity index (χ2n) is 7.01. The van der Waals surface area contributed by atoms with Crippen molar-refractivity contribution in [1.82, 2.24) is 10.0 Å². The number of ether oxygens (including phenoxy) is 1. The summed E-state index contributed by atoms with van der Waals surface area (Å²) in [6.07, 6.45) is 0.623. The molecular weight excluding hydrogens is 404 g/mol. The third-order valence-corrected chi connectivity index (χ3v) is 6.05. The van der Waals surface area contributed by atoms with E-state index in [0.29, 0.717) is 0 Å². The molecule has 0 aliphatic heterocycles. The third-order valence-electron chi connectivity index (χ3n) is 4.49. The molecule has 0 saturated carbocycles. The number of sulfonamides is 1. The Balaban J connectivity index is 1.86. The van der Waals surface area contributed by atoms with E-state index < -0.39 is 22.1 Å². The fourth-order valence-corrected chi connectivity index (χ4v) is 3.83. The second-order valence-corrected chi connectivity index (χ2v) is 8.77. The first-order chi connectivity index (χ1) is 14.2. The molecule has 0 aliphatic carbocycles. The van der Waals surface area contributed by atoms with Crippen LogP contribution in [0.1, 0.15) is 43.1 Å². The van der Waals surface area contributed by atoms with Crippen molar-refractivity contribution >= 4 is 21.9 Å². The number of hydrogen-bond donors (Lipinski definition) is 2. The van der Waals surface area contributed by atoms with Crippen molar-refractivity contribution in [1.29, 1.82) is 0 Å². The molecule has 1 amide bonds. The molecule has 2 atom stereocenters. The molecule has 162 valence electrons. The minimum Gasteiger partial charge on any atom is -0.449 e. The van der Waals surface area contributed by atoms with Gasteiger partial charge in [-0.15, -0.1) is 0 Å². The van der Waals surface area contributed by atoms with E-state index in [1.165, 1.54) is 36.8 Å². The Morgan fingerprint density at radius 3 is 2.23 bits per heavy atom. The molecule has 0 spiro atoms. The molecule has 2 unspecified atom stereocenters. The van der Waals surface area contributed by atoms with E-state index in [4.69, 9.17) is 4.74 Å². The topological polar surface area (TPSA) is 102 Å². The van der Waals surface area contributed by atoms with E-state index in [9.17, 15) is 18.0 Å². The molecule has 0 heterocycles. The number of nitrogens with one attached hydrogen (secondary N) is 2. The summed E-state index contributed by atoms with van der Waals surface area (Å²) in [5, 5.41) is 2.85. The predicted molar refractivity (Wildman–Crippen MR) is 115 cm³/mol. The molecule has 2 N–H and O–H groups in total. The molecule has 0 bridgehead atoms. The fourth-order valence-electron chi connectivity index (χ4n) is 2.79. The van der Waals surface area contributed by atoms with Crippen LogP contribution in [0.15, 0.2) is 59.5 Å². The van der Waals surface area contributed by atoms with Crippen LogP contribution < -0.4 is 10.0 Å². The predicted octanol–water partition coefficient (Wildman–Crippen LogP) is 2.67. The lowest BCUT2D eigenvalue weighted by Gasteiger charge is -2.18. The van der Waals surface area contributed by atoms with Crippen LogP contribution in [0.4, 0.5) is 0 Å². The van der Waals surface area contributed by atoms with Gasteiger partial charge in [0.25, 0.3) is 5.91 Å². The molecule has 0 fully saturated rings. The normalized spacial score (nSPS) is 13.3. The Morgan fingerprint density at radius 2 is 1.63 bits per heavy atom. The zero-order valence-electron chi connectivity index (χ0n) is 17.4. The monoisotopic (exact) mass is 432 g/mol. The summed E-state index contributed by atoms with van der Waals surface area (Å²) in [4.78, 5) is 24.6. The van der Waals surface area contributed by atoms with Crippen molar-refractivity contribution in [3.05, 3.63) is 65.7 Å². The van der Waals surface area contributed by atoms with Crippen LogP contribution in [0.25, 0.3) is 0 Å². The maximum Gasteiger partial charge on any atom is 0.338 e. The van der Waals surface area contributed by atoms with E-state index in [1.807, 2.05) is 37.3 Å². The Morgan fingerprint density at radius 1 is 1.00 bits per heavy atom. The van der Waals surface area contributed by atoms with E-state index in [-0.39, 0.29) is 29.0 Å². The summed E-state index contributed by atoms with van der Waals surface area (Å²) in [6, 6.07) is 15.3.